The molecule has 4 heteroatoms. The normalized spacial score (nSPS) is 17.3. The molecule has 3 nitrogen and oxygen atoms in total. The number of rotatable bonds is 4. The van der Waals surface area contributed by atoms with Gasteiger partial charge in [-0.05, 0) is 61.7 Å². The number of benzene rings is 2. The third-order valence-electron chi connectivity index (χ3n) is 4.18. The number of carbonyl (C=O) groups is 1. The standard InChI is InChI=1S/C19H20FNO2/c1-2-23-17-11-7-15(8-12-17)19(22)21-13-3-4-18(21)14-5-9-16(20)10-6-14/h5-12,18H,2-4,13H2,1H3. The molecule has 1 aliphatic heterocycles. The Morgan fingerprint density at radius 3 is 2.52 bits per heavy atom. The third-order valence-corrected chi connectivity index (χ3v) is 4.18. The summed E-state index contributed by atoms with van der Waals surface area (Å²) in [5.41, 5.74) is 1.64. The number of likely N-dealkylation sites (tertiary alicyclic amines) is 1. The van der Waals surface area contributed by atoms with Gasteiger partial charge in [-0.2, -0.15) is 0 Å². The van der Waals surface area contributed by atoms with Gasteiger partial charge in [0.2, 0.25) is 0 Å². The molecule has 0 radical (unpaired) electrons. The molecule has 1 aliphatic rings. The summed E-state index contributed by atoms with van der Waals surface area (Å²) in [6.45, 7) is 3.26. The lowest BCUT2D eigenvalue weighted by Gasteiger charge is -2.25. The molecule has 1 unspecified atom stereocenters. The van der Waals surface area contributed by atoms with E-state index >= 15 is 0 Å². The maximum atomic E-state index is 13.1. The summed E-state index contributed by atoms with van der Waals surface area (Å²) in [5, 5.41) is 0. The van der Waals surface area contributed by atoms with E-state index in [1.54, 1.807) is 24.3 Å². The zero-order valence-electron chi connectivity index (χ0n) is 13.2. The molecule has 23 heavy (non-hydrogen) atoms. The maximum Gasteiger partial charge on any atom is 0.254 e. The predicted molar refractivity (Wildman–Crippen MR) is 87.0 cm³/mol. The van der Waals surface area contributed by atoms with Crippen LogP contribution < -0.4 is 4.74 Å². The van der Waals surface area contributed by atoms with Crippen LogP contribution in [0.3, 0.4) is 0 Å². The second-order valence-corrected chi connectivity index (χ2v) is 5.67. The van der Waals surface area contributed by atoms with E-state index in [1.807, 2.05) is 24.0 Å². The Kier molecular flexibility index (Phi) is 4.60. The van der Waals surface area contributed by atoms with Crippen molar-refractivity contribution in [3.8, 4) is 5.75 Å². The van der Waals surface area contributed by atoms with Crippen molar-refractivity contribution in [2.45, 2.75) is 25.8 Å². The molecule has 1 fully saturated rings. The van der Waals surface area contributed by atoms with Crippen LogP contribution in [-0.4, -0.2) is 24.0 Å². The highest BCUT2D eigenvalue weighted by molar-refractivity contribution is 5.94. The van der Waals surface area contributed by atoms with E-state index < -0.39 is 0 Å². The summed E-state index contributed by atoms with van der Waals surface area (Å²) in [6, 6.07) is 13.7. The molecule has 0 spiro atoms. The summed E-state index contributed by atoms with van der Waals surface area (Å²) >= 11 is 0. The van der Waals surface area contributed by atoms with E-state index in [-0.39, 0.29) is 17.8 Å². The first-order valence-electron chi connectivity index (χ1n) is 7.98. The van der Waals surface area contributed by atoms with Gasteiger partial charge in [-0.15, -0.1) is 0 Å². The van der Waals surface area contributed by atoms with Crippen molar-refractivity contribution in [3.05, 3.63) is 65.5 Å². The van der Waals surface area contributed by atoms with Crippen LogP contribution in [0.2, 0.25) is 0 Å². The van der Waals surface area contributed by atoms with Crippen LogP contribution in [0.15, 0.2) is 48.5 Å². The van der Waals surface area contributed by atoms with Gasteiger partial charge in [0.1, 0.15) is 11.6 Å². The monoisotopic (exact) mass is 313 g/mol. The fourth-order valence-corrected chi connectivity index (χ4v) is 3.07. The molecule has 0 bridgehead atoms. The minimum atomic E-state index is -0.254. The van der Waals surface area contributed by atoms with Gasteiger partial charge in [0, 0.05) is 12.1 Å². The summed E-state index contributed by atoms with van der Waals surface area (Å²) in [7, 11) is 0. The fourth-order valence-electron chi connectivity index (χ4n) is 3.07. The number of halogens is 1. The van der Waals surface area contributed by atoms with Crippen molar-refractivity contribution in [1.29, 1.82) is 0 Å². The lowest BCUT2D eigenvalue weighted by Crippen LogP contribution is -2.30. The van der Waals surface area contributed by atoms with Crippen LogP contribution in [0.5, 0.6) is 5.75 Å². The molecule has 0 aliphatic carbocycles. The van der Waals surface area contributed by atoms with E-state index in [9.17, 15) is 9.18 Å². The number of hydrogen-bond donors (Lipinski definition) is 0. The quantitative estimate of drug-likeness (QED) is 0.846. The van der Waals surface area contributed by atoms with E-state index in [0.717, 1.165) is 30.7 Å². The summed E-state index contributed by atoms with van der Waals surface area (Å²) in [4.78, 5) is 14.7. The Bertz CT molecular complexity index is 667. The molecular formula is C19H20FNO2. The highest BCUT2D eigenvalue weighted by atomic mass is 19.1. The van der Waals surface area contributed by atoms with E-state index in [1.165, 1.54) is 12.1 Å². The van der Waals surface area contributed by atoms with Gasteiger partial charge in [0.15, 0.2) is 0 Å². The molecule has 3 rings (SSSR count). The Labute approximate surface area is 135 Å². The number of nitrogens with zero attached hydrogens (tertiary/aromatic N) is 1. The topological polar surface area (TPSA) is 29.5 Å². The van der Waals surface area contributed by atoms with Crippen molar-refractivity contribution in [2.24, 2.45) is 0 Å². The van der Waals surface area contributed by atoms with Gasteiger partial charge in [0.25, 0.3) is 5.91 Å². The van der Waals surface area contributed by atoms with Crippen LogP contribution in [-0.2, 0) is 0 Å². The van der Waals surface area contributed by atoms with Gasteiger partial charge in [-0.25, -0.2) is 4.39 Å². The van der Waals surface area contributed by atoms with Crippen molar-refractivity contribution in [3.63, 3.8) is 0 Å². The van der Waals surface area contributed by atoms with Crippen molar-refractivity contribution >= 4 is 5.91 Å². The number of ether oxygens (including phenoxy) is 1. The smallest absolute Gasteiger partial charge is 0.254 e. The molecule has 2 aromatic carbocycles. The summed E-state index contributed by atoms with van der Waals surface area (Å²) in [6.07, 6.45) is 1.87. The zero-order valence-corrected chi connectivity index (χ0v) is 13.2. The predicted octanol–water partition coefficient (Wildman–Crippen LogP) is 4.20. The van der Waals surface area contributed by atoms with E-state index in [4.69, 9.17) is 4.74 Å². The second-order valence-electron chi connectivity index (χ2n) is 5.67. The number of hydrogen-bond acceptors (Lipinski definition) is 2. The fraction of sp³-hybridized carbons (Fsp3) is 0.316. The lowest BCUT2D eigenvalue weighted by molar-refractivity contribution is 0.0735. The van der Waals surface area contributed by atoms with Crippen LogP contribution >= 0.6 is 0 Å². The molecule has 0 saturated carbocycles. The molecule has 120 valence electrons. The Balaban J connectivity index is 1.78. The largest absolute Gasteiger partial charge is 0.494 e. The highest BCUT2D eigenvalue weighted by Crippen LogP contribution is 2.33. The average molecular weight is 313 g/mol. The molecule has 2 aromatic rings. The van der Waals surface area contributed by atoms with Crippen LogP contribution in [0.1, 0.15) is 41.7 Å². The van der Waals surface area contributed by atoms with Gasteiger partial charge in [-0.1, -0.05) is 12.1 Å². The average Bonchev–Trinajstić information content (AvgIpc) is 3.05. The minimum Gasteiger partial charge on any atom is -0.494 e. The first-order chi connectivity index (χ1) is 11.2. The zero-order chi connectivity index (χ0) is 16.2. The number of carbonyl (C=O) groups excluding carboxylic acids is 1. The molecule has 1 amide bonds. The molecular weight excluding hydrogens is 293 g/mol. The number of amides is 1. The SMILES string of the molecule is CCOc1ccc(C(=O)N2CCCC2c2ccc(F)cc2)cc1. The van der Waals surface area contributed by atoms with E-state index in [2.05, 4.69) is 0 Å². The molecule has 1 heterocycles. The van der Waals surface area contributed by atoms with Gasteiger partial charge in [0.05, 0.1) is 12.6 Å². The Morgan fingerprint density at radius 1 is 1.17 bits per heavy atom. The van der Waals surface area contributed by atoms with Crippen LogP contribution in [0.4, 0.5) is 4.39 Å². The lowest BCUT2D eigenvalue weighted by atomic mass is 10.0. The van der Waals surface area contributed by atoms with Crippen molar-refractivity contribution < 1.29 is 13.9 Å². The van der Waals surface area contributed by atoms with Gasteiger partial charge >= 0.3 is 0 Å². The minimum absolute atomic E-state index is 0.0138. The molecule has 1 atom stereocenters. The van der Waals surface area contributed by atoms with Gasteiger partial charge in [-0.3, -0.25) is 4.79 Å². The highest BCUT2D eigenvalue weighted by Gasteiger charge is 2.30. The molecule has 0 aromatic heterocycles. The maximum absolute atomic E-state index is 13.1. The van der Waals surface area contributed by atoms with Crippen LogP contribution in [0, 0.1) is 5.82 Å². The first-order valence-corrected chi connectivity index (χ1v) is 7.98. The van der Waals surface area contributed by atoms with Gasteiger partial charge < -0.3 is 9.64 Å². The Hall–Kier alpha value is -2.36. The van der Waals surface area contributed by atoms with Crippen molar-refractivity contribution in [2.75, 3.05) is 13.2 Å². The third kappa shape index (κ3) is 3.36. The van der Waals surface area contributed by atoms with Crippen LogP contribution in [0.25, 0.3) is 0 Å². The summed E-state index contributed by atoms with van der Waals surface area (Å²) in [5.74, 6) is 0.525. The Morgan fingerprint density at radius 2 is 1.87 bits per heavy atom. The summed E-state index contributed by atoms with van der Waals surface area (Å²) < 4.78 is 18.5. The van der Waals surface area contributed by atoms with E-state index in [0.29, 0.717) is 12.2 Å². The van der Waals surface area contributed by atoms with Crippen molar-refractivity contribution in [1.82, 2.24) is 4.90 Å². The first kappa shape index (κ1) is 15.5. The molecule has 1 saturated heterocycles. The second kappa shape index (κ2) is 6.82. The molecule has 0 N–H and O–H groups in total.